The maximum atomic E-state index is 4.40. The summed E-state index contributed by atoms with van der Waals surface area (Å²) < 4.78 is 4.22. The van der Waals surface area contributed by atoms with E-state index in [1.807, 2.05) is 0 Å². The monoisotopic (exact) mass is 142 g/mol. The number of hydrazine groups is 1. The average molecular weight is 142 g/mol. The van der Waals surface area contributed by atoms with Crippen LogP contribution in [0.2, 0.25) is 0 Å². The van der Waals surface area contributed by atoms with E-state index in [2.05, 4.69) is 30.7 Å². The van der Waals surface area contributed by atoms with E-state index in [-0.39, 0.29) is 0 Å². The van der Waals surface area contributed by atoms with Gasteiger partial charge in [-0.25, -0.2) is 0 Å². The molecule has 0 spiro atoms. The molecule has 0 atom stereocenters. The van der Waals surface area contributed by atoms with Crippen molar-refractivity contribution in [1.82, 2.24) is 21.4 Å². The fourth-order valence-corrected chi connectivity index (χ4v) is 0.306. The Bertz CT molecular complexity index is 150. The van der Waals surface area contributed by atoms with Crippen molar-refractivity contribution in [3.05, 3.63) is 24.9 Å². The number of hydrogen-bond acceptors (Lipinski definition) is 6. The second-order valence-electron chi connectivity index (χ2n) is 1.25. The van der Waals surface area contributed by atoms with Crippen molar-refractivity contribution < 1.29 is 9.36 Å². The topological polar surface area (TPSA) is 72.2 Å². The molecule has 1 aromatic rings. The first-order chi connectivity index (χ1) is 5.00. The SMILES string of the molecule is C1=CONN1.c1conn1. The zero-order valence-corrected chi connectivity index (χ0v) is 5.02. The van der Waals surface area contributed by atoms with Crippen LogP contribution in [0.1, 0.15) is 0 Å². The van der Waals surface area contributed by atoms with Crippen LogP contribution in [-0.2, 0) is 4.84 Å². The molecule has 54 valence electrons. The Morgan fingerprint density at radius 3 is 2.60 bits per heavy atom. The number of nitrogens with one attached hydrogen (secondary N) is 2. The number of aromatic nitrogens is 2. The van der Waals surface area contributed by atoms with Crippen LogP contribution < -0.4 is 11.0 Å². The summed E-state index contributed by atoms with van der Waals surface area (Å²) in [5.74, 6) is 0. The van der Waals surface area contributed by atoms with E-state index >= 15 is 0 Å². The predicted octanol–water partition coefficient (Wildman–Crippen LogP) is -0.433. The molecule has 0 aliphatic carbocycles. The van der Waals surface area contributed by atoms with Gasteiger partial charge in [0.05, 0.1) is 12.4 Å². The lowest BCUT2D eigenvalue weighted by Gasteiger charge is -1.85. The maximum Gasteiger partial charge on any atom is 0.144 e. The summed E-state index contributed by atoms with van der Waals surface area (Å²) in [6.07, 6.45) is 6.04. The summed E-state index contributed by atoms with van der Waals surface area (Å²) in [5.41, 5.74) is 4.93. The van der Waals surface area contributed by atoms with Crippen LogP contribution in [-0.4, -0.2) is 10.4 Å². The first-order valence-electron chi connectivity index (χ1n) is 2.52. The maximum absolute atomic E-state index is 4.40. The van der Waals surface area contributed by atoms with Crippen LogP contribution in [0.4, 0.5) is 0 Å². The minimum atomic E-state index is 1.40. The first-order valence-corrected chi connectivity index (χ1v) is 2.52. The van der Waals surface area contributed by atoms with Gasteiger partial charge in [0.2, 0.25) is 0 Å². The lowest BCUT2D eigenvalue weighted by molar-refractivity contribution is 0.137. The molecule has 0 fully saturated rings. The smallest absolute Gasteiger partial charge is 0.144 e. The van der Waals surface area contributed by atoms with Crippen molar-refractivity contribution in [1.29, 1.82) is 0 Å². The molecule has 6 heteroatoms. The van der Waals surface area contributed by atoms with Gasteiger partial charge in [-0.2, -0.15) is 0 Å². The molecule has 0 saturated carbocycles. The van der Waals surface area contributed by atoms with Gasteiger partial charge in [-0.3, -0.25) is 5.43 Å². The van der Waals surface area contributed by atoms with Gasteiger partial charge in [0.25, 0.3) is 0 Å². The second kappa shape index (κ2) is 4.33. The Labute approximate surface area is 56.8 Å². The fraction of sp³-hybridized carbons (Fsp3) is 0. The Balaban J connectivity index is 0.0000001000. The Kier molecular flexibility index (Phi) is 2.84. The van der Waals surface area contributed by atoms with Crippen molar-refractivity contribution in [2.24, 2.45) is 0 Å². The zero-order valence-electron chi connectivity index (χ0n) is 5.02. The highest BCUT2D eigenvalue weighted by atomic mass is 16.7. The molecule has 0 unspecified atom stereocenters. The summed E-state index contributed by atoms with van der Waals surface area (Å²) in [6.45, 7) is 0. The van der Waals surface area contributed by atoms with Gasteiger partial charge < -0.3 is 9.36 Å². The second-order valence-corrected chi connectivity index (χ2v) is 1.25. The molecule has 0 radical (unpaired) electrons. The van der Waals surface area contributed by atoms with Crippen LogP contribution >= 0.6 is 0 Å². The molecule has 10 heavy (non-hydrogen) atoms. The molecule has 1 aliphatic heterocycles. The van der Waals surface area contributed by atoms with Crippen molar-refractivity contribution in [3.63, 3.8) is 0 Å². The average Bonchev–Trinajstić information content (AvgIpc) is 2.67. The van der Waals surface area contributed by atoms with Crippen LogP contribution in [0.5, 0.6) is 0 Å². The largest absolute Gasteiger partial charge is 0.395 e. The van der Waals surface area contributed by atoms with E-state index in [0.29, 0.717) is 0 Å². The van der Waals surface area contributed by atoms with Gasteiger partial charge in [0.15, 0.2) is 0 Å². The standard InChI is InChI=1S/C2H4N2O.C2H2N2O/c2*1-2-5-4-3-1/h1-4H;1-2H. The Morgan fingerprint density at radius 2 is 2.40 bits per heavy atom. The lowest BCUT2D eigenvalue weighted by atomic mass is 11.0. The molecule has 0 aromatic carbocycles. The summed E-state index contributed by atoms with van der Waals surface area (Å²) >= 11 is 0. The Morgan fingerprint density at radius 1 is 1.40 bits per heavy atom. The van der Waals surface area contributed by atoms with Gasteiger partial charge in [-0.1, -0.05) is 5.59 Å². The number of hydrogen-bond donors (Lipinski definition) is 2. The molecule has 2 N–H and O–H groups in total. The summed E-state index contributed by atoms with van der Waals surface area (Å²) in [5, 5.41) is 6.40. The minimum Gasteiger partial charge on any atom is -0.395 e. The minimum absolute atomic E-state index is 1.40. The van der Waals surface area contributed by atoms with E-state index in [4.69, 9.17) is 0 Å². The zero-order chi connectivity index (χ0) is 7.07. The van der Waals surface area contributed by atoms with Gasteiger partial charge in [-0.05, 0) is 0 Å². The van der Waals surface area contributed by atoms with Crippen molar-refractivity contribution in [3.8, 4) is 0 Å². The molecule has 2 rings (SSSR count). The molecule has 0 saturated heterocycles. The van der Waals surface area contributed by atoms with Gasteiger partial charge >= 0.3 is 0 Å². The molecule has 0 amide bonds. The molecule has 0 bridgehead atoms. The highest BCUT2D eigenvalue weighted by Gasteiger charge is 1.77. The summed E-state index contributed by atoms with van der Waals surface area (Å²) in [7, 11) is 0. The van der Waals surface area contributed by atoms with Crippen molar-refractivity contribution in [2.45, 2.75) is 0 Å². The first kappa shape index (κ1) is 6.56. The number of nitrogens with zero attached hydrogens (tertiary/aromatic N) is 2. The molecule has 2 heterocycles. The van der Waals surface area contributed by atoms with E-state index in [0.717, 1.165) is 0 Å². The third-order valence-corrected chi connectivity index (χ3v) is 0.620. The third kappa shape index (κ3) is 2.68. The summed E-state index contributed by atoms with van der Waals surface area (Å²) in [4.78, 5) is 4.40. The van der Waals surface area contributed by atoms with Gasteiger partial charge in [-0.15, -0.1) is 5.10 Å². The van der Waals surface area contributed by atoms with E-state index in [1.165, 1.54) is 18.7 Å². The normalized spacial score (nSPS) is 12.8. The van der Waals surface area contributed by atoms with Crippen LogP contribution in [0.25, 0.3) is 0 Å². The molecule has 1 aliphatic rings. The Hall–Kier alpha value is -1.56. The van der Waals surface area contributed by atoms with E-state index in [1.54, 1.807) is 6.20 Å². The highest BCUT2D eigenvalue weighted by Crippen LogP contribution is 1.70. The van der Waals surface area contributed by atoms with Gasteiger partial charge in [0, 0.05) is 5.27 Å². The molecule has 6 nitrogen and oxygen atoms in total. The highest BCUT2D eigenvalue weighted by molar-refractivity contribution is 4.69. The van der Waals surface area contributed by atoms with Crippen LogP contribution in [0, 0.1) is 0 Å². The van der Waals surface area contributed by atoms with Crippen molar-refractivity contribution >= 4 is 0 Å². The third-order valence-electron chi connectivity index (χ3n) is 0.620. The molecule has 1 aromatic heterocycles. The van der Waals surface area contributed by atoms with Crippen LogP contribution in [0.3, 0.4) is 0 Å². The predicted molar refractivity (Wildman–Crippen MR) is 30.8 cm³/mol. The van der Waals surface area contributed by atoms with E-state index < -0.39 is 0 Å². The fourth-order valence-electron chi connectivity index (χ4n) is 0.306. The van der Waals surface area contributed by atoms with Crippen LogP contribution in [0.15, 0.2) is 29.4 Å². The molecular formula is C4H6N4O2. The quantitative estimate of drug-likeness (QED) is 0.512. The van der Waals surface area contributed by atoms with Gasteiger partial charge in [0.1, 0.15) is 12.5 Å². The summed E-state index contributed by atoms with van der Waals surface area (Å²) in [6, 6.07) is 0. The van der Waals surface area contributed by atoms with Crippen molar-refractivity contribution in [2.75, 3.05) is 0 Å². The molecular weight excluding hydrogens is 136 g/mol. The lowest BCUT2D eigenvalue weighted by Crippen LogP contribution is -2.17. The van der Waals surface area contributed by atoms with E-state index in [9.17, 15) is 0 Å². The number of rotatable bonds is 0.